The van der Waals surface area contributed by atoms with Crippen molar-refractivity contribution in [3.8, 4) is 0 Å². The standard InChI is InChI=1S/C7H14NO5P.H2O/c9-7(10)6-3-5(1-2-8-6)4-14(11,12)13;/h5-6,8H,1-4H2,(H,9,10)(H2,11,12,13);1H2/t5-,6+;/m0./s1. The number of hydrogen-bond donors (Lipinski definition) is 4. The van der Waals surface area contributed by atoms with Crippen molar-refractivity contribution in [2.75, 3.05) is 12.7 Å². The Bertz CT molecular complexity index is 264. The zero-order valence-electron chi connectivity index (χ0n) is 8.09. The van der Waals surface area contributed by atoms with Gasteiger partial charge in [-0.2, -0.15) is 0 Å². The second-order valence-electron chi connectivity index (χ2n) is 3.58. The molecule has 0 spiro atoms. The van der Waals surface area contributed by atoms with Crippen molar-refractivity contribution in [2.45, 2.75) is 18.9 Å². The summed E-state index contributed by atoms with van der Waals surface area (Å²) in [6.45, 7) is 0.502. The minimum atomic E-state index is -4.01. The van der Waals surface area contributed by atoms with Crippen LogP contribution in [0.3, 0.4) is 0 Å². The lowest BCUT2D eigenvalue weighted by Crippen LogP contribution is -2.44. The summed E-state index contributed by atoms with van der Waals surface area (Å²) in [5.74, 6) is -1.15. The average molecular weight is 241 g/mol. The quantitative estimate of drug-likeness (QED) is 0.457. The zero-order chi connectivity index (χ0) is 10.8. The van der Waals surface area contributed by atoms with Crippen LogP contribution >= 0.6 is 7.60 Å². The number of hydrogen-bond acceptors (Lipinski definition) is 3. The van der Waals surface area contributed by atoms with E-state index in [1.807, 2.05) is 0 Å². The molecule has 90 valence electrons. The van der Waals surface area contributed by atoms with Gasteiger partial charge >= 0.3 is 13.6 Å². The molecule has 0 amide bonds. The van der Waals surface area contributed by atoms with Gasteiger partial charge in [0.15, 0.2) is 0 Å². The maximum atomic E-state index is 10.7. The average Bonchev–Trinajstić information content (AvgIpc) is 2.01. The minimum Gasteiger partial charge on any atom is -0.480 e. The van der Waals surface area contributed by atoms with E-state index in [1.54, 1.807) is 0 Å². The Morgan fingerprint density at radius 3 is 2.53 bits per heavy atom. The number of aliphatic carboxylic acids is 1. The van der Waals surface area contributed by atoms with Crippen LogP contribution in [0.15, 0.2) is 0 Å². The Morgan fingerprint density at radius 2 is 2.07 bits per heavy atom. The third-order valence-electron chi connectivity index (χ3n) is 2.31. The van der Waals surface area contributed by atoms with E-state index in [0.29, 0.717) is 19.4 Å². The monoisotopic (exact) mass is 241 g/mol. The molecule has 0 aliphatic carbocycles. The topological polar surface area (TPSA) is 138 Å². The van der Waals surface area contributed by atoms with Crippen LogP contribution in [0.2, 0.25) is 0 Å². The van der Waals surface area contributed by atoms with Crippen LogP contribution in [0, 0.1) is 5.92 Å². The molecule has 1 aliphatic heterocycles. The van der Waals surface area contributed by atoms with Gasteiger partial charge in [-0.15, -0.1) is 0 Å². The number of piperidine rings is 1. The maximum Gasteiger partial charge on any atom is 0.325 e. The molecule has 0 aromatic rings. The summed E-state index contributed by atoms with van der Waals surface area (Å²) in [6, 6.07) is -0.666. The highest BCUT2D eigenvalue weighted by Crippen LogP contribution is 2.39. The molecule has 1 saturated heterocycles. The van der Waals surface area contributed by atoms with Gasteiger partial charge in [-0.05, 0) is 25.3 Å². The van der Waals surface area contributed by atoms with E-state index < -0.39 is 19.6 Å². The van der Waals surface area contributed by atoms with Gasteiger partial charge in [-0.3, -0.25) is 9.36 Å². The van der Waals surface area contributed by atoms with E-state index in [1.165, 1.54) is 0 Å². The van der Waals surface area contributed by atoms with Gasteiger partial charge < -0.3 is 25.7 Å². The second-order valence-corrected chi connectivity index (χ2v) is 5.28. The Morgan fingerprint density at radius 1 is 1.47 bits per heavy atom. The molecule has 0 radical (unpaired) electrons. The van der Waals surface area contributed by atoms with Gasteiger partial charge in [-0.1, -0.05) is 0 Å². The molecule has 6 N–H and O–H groups in total. The second kappa shape index (κ2) is 5.58. The van der Waals surface area contributed by atoms with Crippen molar-refractivity contribution < 1.29 is 29.7 Å². The fourth-order valence-corrected chi connectivity index (χ4v) is 2.69. The van der Waals surface area contributed by atoms with Crippen LogP contribution < -0.4 is 5.32 Å². The molecule has 2 atom stereocenters. The van der Waals surface area contributed by atoms with Crippen LogP contribution in [0.4, 0.5) is 0 Å². The Hall–Kier alpha value is -0.460. The molecule has 1 heterocycles. The predicted molar refractivity (Wildman–Crippen MR) is 52.7 cm³/mol. The number of carboxylic acid groups (broad SMARTS) is 1. The van der Waals surface area contributed by atoms with Gasteiger partial charge in [-0.25, -0.2) is 0 Å². The van der Waals surface area contributed by atoms with Crippen molar-refractivity contribution >= 4 is 13.6 Å². The lowest BCUT2D eigenvalue weighted by molar-refractivity contribution is -0.140. The molecule has 0 saturated carbocycles. The molecule has 0 unspecified atom stereocenters. The Balaban J connectivity index is 0.00000196. The first-order valence-electron chi connectivity index (χ1n) is 4.39. The number of carboxylic acids is 1. The summed E-state index contributed by atoms with van der Waals surface area (Å²) < 4.78 is 10.7. The third-order valence-corrected chi connectivity index (χ3v) is 3.30. The van der Waals surface area contributed by atoms with Crippen LogP contribution in [0.25, 0.3) is 0 Å². The largest absolute Gasteiger partial charge is 0.480 e. The predicted octanol–water partition coefficient (Wildman–Crippen LogP) is -1.21. The first-order valence-corrected chi connectivity index (χ1v) is 6.19. The Kier molecular flexibility index (Phi) is 5.41. The van der Waals surface area contributed by atoms with E-state index in [2.05, 4.69) is 5.32 Å². The van der Waals surface area contributed by atoms with Gasteiger partial charge in [0.05, 0.1) is 6.16 Å². The van der Waals surface area contributed by atoms with Crippen molar-refractivity contribution in [1.29, 1.82) is 0 Å². The summed E-state index contributed by atoms with van der Waals surface area (Å²) in [4.78, 5) is 28.1. The van der Waals surface area contributed by atoms with Gasteiger partial charge in [0.25, 0.3) is 0 Å². The molecule has 0 aromatic carbocycles. The molecule has 1 rings (SSSR count). The fourth-order valence-electron chi connectivity index (χ4n) is 1.69. The highest BCUT2D eigenvalue weighted by Gasteiger charge is 2.30. The van der Waals surface area contributed by atoms with E-state index in [4.69, 9.17) is 14.9 Å². The number of rotatable bonds is 3. The summed E-state index contributed by atoms with van der Waals surface area (Å²) in [7, 11) is -4.01. The molecule has 1 fully saturated rings. The maximum absolute atomic E-state index is 10.7. The van der Waals surface area contributed by atoms with Gasteiger partial charge in [0, 0.05) is 0 Å². The summed E-state index contributed by atoms with van der Waals surface area (Å²) >= 11 is 0. The SMILES string of the molecule is O.O=C(O)[C@H]1C[C@@H](CP(=O)(O)O)CCN1. The van der Waals surface area contributed by atoms with Gasteiger partial charge in [0.2, 0.25) is 0 Å². The molecular weight excluding hydrogens is 225 g/mol. The number of nitrogens with one attached hydrogen (secondary N) is 1. The first kappa shape index (κ1) is 14.5. The summed E-state index contributed by atoms with van der Waals surface area (Å²) in [5, 5.41) is 11.5. The lowest BCUT2D eigenvalue weighted by Gasteiger charge is -2.27. The van der Waals surface area contributed by atoms with Crippen LogP contribution in [0.1, 0.15) is 12.8 Å². The molecule has 8 heteroatoms. The first-order chi connectivity index (χ1) is 6.38. The summed E-state index contributed by atoms with van der Waals surface area (Å²) in [5.41, 5.74) is 0. The van der Waals surface area contributed by atoms with E-state index in [0.717, 1.165) is 0 Å². The van der Waals surface area contributed by atoms with Crippen molar-refractivity contribution in [3.63, 3.8) is 0 Å². The highest BCUT2D eigenvalue weighted by molar-refractivity contribution is 7.51. The van der Waals surface area contributed by atoms with Crippen LogP contribution in [-0.2, 0) is 9.36 Å². The lowest BCUT2D eigenvalue weighted by atomic mass is 9.94. The van der Waals surface area contributed by atoms with Crippen molar-refractivity contribution in [1.82, 2.24) is 5.32 Å². The normalized spacial score (nSPS) is 26.8. The molecule has 0 bridgehead atoms. The fraction of sp³-hybridized carbons (Fsp3) is 0.857. The molecular formula is C7H16NO6P. The molecule has 7 nitrogen and oxygen atoms in total. The molecule has 1 aliphatic rings. The minimum absolute atomic E-state index is 0. The van der Waals surface area contributed by atoms with E-state index in [-0.39, 0.29) is 17.6 Å². The van der Waals surface area contributed by atoms with E-state index in [9.17, 15) is 9.36 Å². The smallest absolute Gasteiger partial charge is 0.325 e. The third kappa shape index (κ3) is 5.25. The van der Waals surface area contributed by atoms with Gasteiger partial charge in [0.1, 0.15) is 6.04 Å². The van der Waals surface area contributed by atoms with Crippen LogP contribution in [0.5, 0.6) is 0 Å². The summed E-state index contributed by atoms with van der Waals surface area (Å²) in [6.07, 6.45) is 0.702. The Labute approximate surface area is 87.0 Å². The zero-order valence-corrected chi connectivity index (χ0v) is 8.98. The van der Waals surface area contributed by atoms with E-state index >= 15 is 0 Å². The number of carbonyl (C=O) groups is 1. The van der Waals surface area contributed by atoms with Crippen LogP contribution in [-0.4, -0.2) is 45.1 Å². The van der Waals surface area contributed by atoms with Crippen molar-refractivity contribution in [2.24, 2.45) is 5.92 Å². The molecule has 0 aromatic heterocycles. The van der Waals surface area contributed by atoms with Crippen molar-refractivity contribution in [3.05, 3.63) is 0 Å². The highest BCUT2D eigenvalue weighted by atomic mass is 31.2. The molecule has 15 heavy (non-hydrogen) atoms.